The third kappa shape index (κ3) is 3.16. The number of aromatic nitrogens is 4. The Balaban J connectivity index is 1.90. The molecule has 0 saturated heterocycles. The first-order valence-electron chi connectivity index (χ1n) is 9.69. The molecule has 0 saturated carbocycles. The maximum atomic E-state index is 13.4. The lowest BCUT2D eigenvalue weighted by Gasteiger charge is -2.26. The number of hydrazone groups is 1. The van der Waals surface area contributed by atoms with Crippen molar-refractivity contribution in [3.05, 3.63) is 56.5 Å². The van der Waals surface area contributed by atoms with Crippen LogP contribution in [0.2, 0.25) is 0 Å². The van der Waals surface area contributed by atoms with Crippen LogP contribution in [-0.4, -0.2) is 30.9 Å². The maximum absolute atomic E-state index is 13.4. The van der Waals surface area contributed by atoms with E-state index < -0.39 is 11.2 Å². The molecule has 29 heavy (non-hydrogen) atoms. The lowest BCUT2D eigenvalue weighted by atomic mass is 10.1. The summed E-state index contributed by atoms with van der Waals surface area (Å²) in [4.78, 5) is 29.8. The van der Waals surface area contributed by atoms with Crippen molar-refractivity contribution in [3.63, 3.8) is 0 Å². The van der Waals surface area contributed by atoms with Gasteiger partial charge in [-0.1, -0.05) is 31.9 Å². The minimum Gasteiger partial charge on any atom is -0.297 e. The van der Waals surface area contributed by atoms with Crippen LogP contribution in [0, 0.1) is 5.82 Å². The molecule has 0 spiro atoms. The van der Waals surface area contributed by atoms with Gasteiger partial charge in [0.25, 0.3) is 5.56 Å². The van der Waals surface area contributed by atoms with E-state index in [1.807, 2.05) is 0 Å². The number of fused-ring (bicyclic) bond motifs is 3. The highest BCUT2D eigenvalue weighted by molar-refractivity contribution is 6.02. The summed E-state index contributed by atoms with van der Waals surface area (Å²) < 4.78 is 17.6. The highest BCUT2D eigenvalue weighted by Crippen LogP contribution is 2.25. The Bertz CT molecular complexity index is 1220. The van der Waals surface area contributed by atoms with Crippen LogP contribution < -0.4 is 16.3 Å². The molecule has 1 aromatic carbocycles. The van der Waals surface area contributed by atoms with Crippen LogP contribution >= 0.6 is 0 Å². The monoisotopic (exact) mass is 398 g/mol. The van der Waals surface area contributed by atoms with Crippen LogP contribution in [0.1, 0.15) is 31.7 Å². The lowest BCUT2D eigenvalue weighted by Crippen LogP contribution is -2.38. The first kappa shape index (κ1) is 19.1. The van der Waals surface area contributed by atoms with Crippen molar-refractivity contribution < 1.29 is 4.39 Å². The summed E-state index contributed by atoms with van der Waals surface area (Å²) >= 11 is 0. The molecule has 3 heterocycles. The quantitative estimate of drug-likeness (QED) is 0.616. The topological polar surface area (TPSA) is 77.4 Å². The minimum absolute atomic E-state index is 0.315. The summed E-state index contributed by atoms with van der Waals surface area (Å²) in [5, 5.41) is 6.52. The average Bonchev–Trinajstić information content (AvgIpc) is 3.11. The molecule has 2 aromatic heterocycles. The Morgan fingerprint density at radius 3 is 2.48 bits per heavy atom. The number of unbranched alkanes of at least 4 members (excludes halogenated alkanes) is 2. The molecule has 8 nitrogen and oxygen atoms in total. The van der Waals surface area contributed by atoms with Crippen molar-refractivity contribution in [1.82, 2.24) is 18.7 Å². The van der Waals surface area contributed by atoms with E-state index in [0.717, 1.165) is 29.4 Å². The van der Waals surface area contributed by atoms with Crippen molar-refractivity contribution in [3.8, 4) is 0 Å². The predicted octanol–water partition coefficient (Wildman–Crippen LogP) is 1.99. The second-order valence-corrected chi connectivity index (χ2v) is 7.26. The van der Waals surface area contributed by atoms with Gasteiger partial charge >= 0.3 is 5.69 Å². The fourth-order valence-electron chi connectivity index (χ4n) is 3.61. The molecule has 9 heteroatoms. The molecule has 0 bridgehead atoms. The molecule has 4 rings (SSSR count). The van der Waals surface area contributed by atoms with E-state index >= 15 is 0 Å². The van der Waals surface area contributed by atoms with Crippen LogP contribution in [0.25, 0.3) is 11.2 Å². The minimum atomic E-state index is -0.421. The Labute approximate surface area is 166 Å². The molecule has 1 aliphatic heterocycles. The van der Waals surface area contributed by atoms with Gasteiger partial charge in [-0.25, -0.2) is 14.2 Å². The molecule has 152 valence electrons. The molecule has 0 unspecified atom stereocenters. The number of halogens is 1. The molecule has 0 atom stereocenters. The summed E-state index contributed by atoms with van der Waals surface area (Å²) in [5.74, 6) is 0.225. The van der Waals surface area contributed by atoms with Gasteiger partial charge in [0, 0.05) is 20.6 Å². The smallest absolute Gasteiger partial charge is 0.297 e. The van der Waals surface area contributed by atoms with E-state index in [1.165, 1.54) is 23.7 Å². The number of aryl methyl sites for hydroxylation is 1. The zero-order chi connectivity index (χ0) is 20.7. The molecular weight excluding hydrogens is 375 g/mol. The van der Waals surface area contributed by atoms with Gasteiger partial charge in [0.1, 0.15) is 5.82 Å². The van der Waals surface area contributed by atoms with Gasteiger partial charge in [0.05, 0.1) is 12.3 Å². The van der Waals surface area contributed by atoms with Gasteiger partial charge in [0.15, 0.2) is 11.2 Å². The Morgan fingerprint density at radius 2 is 1.79 bits per heavy atom. The number of imidazole rings is 1. The molecule has 0 N–H and O–H groups in total. The number of nitrogens with zero attached hydrogens (tertiary/aromatic N) is 6. The predicted molar refractivity (Wildman–Crippen MR) is 110 cm³/mol. The van der Waals surface area contributed by atoms with Gasteiger partial charge in [-0.15, -0.1) is 0 Å². The zero-order valence-corrected chi connectivity index (χ0v) is 16.7. The maximum Gasteiger partial charge on any atom is 0.332 e. The fraction of sp³-hybridized carbons (Fsp3) is 0.400. The normalized spacial score (nSPS) is 13.7. The largest absolute Gasteiger partial charge is 0.332 e. The zero-order valence-electron chi connectivity index (χ0n) is 16.7. The summed E-state index contributed by atoms with van der Waals surface area (Å²) in [6.07, 6.45) is 3.02. The Morgan fingerprint density at radius 1 is 1.07 bits per heavy atom. The molecular formula is C20H23FN6O2. The van der Waals surface area contributed by atoms with E-state index in [2.05, 4.69) is 11.9 Å². The lowest BCUT2D eigenvalue weighted by molar-refractivity contribution is 0.627. The van der Waals surface area contributed by atoms with E-state index in [0.29, 0.717) is 35.9 Å². The van der Waals surface area contributed by atoms with E-state index in [-0.39, 0.29) is 5.82 Å². The van der Waals surface area contributed by atoms with Crippen LogP contribution in [0.4, 0.5) is 10.3 Å². The molecule has 3 aromatic rings. The van der Waals surface area contributed by atoms with Crippen LogP contribution in [0.5, 0.6) is 0 Å². The molecule has 0 radical (unpaired) electrons. The van der Waals surface area contributed by atoms with Crippen LogP contribution in [-0.2, 0) is 20.6 Å². The number of anilines is 1. The van der Waals surface area contributed by atoms with Crippen molar-refractivity contribution in [2.75, 3.05) is 11.6 Å². The van der Waals surface area contributed by atoms with Gasteiger partial charge in [0.2, 0.25) is 5.95 Å². The SMILES string of the molecule is CCCCCN1N=C(c2ccc(F)cc2)Cn2c1nc1c2c(=O)n(C)c(=O)n1C. The third-order valence-electron chi connectivity index (χ3n) is 5.26. The second-order valence-electron chi connectivity index (χ2n) is 7.26. The number of benzene rings is 1. The summed E-state index contributed by atoms with van der Waals surface area (Å²) in [6.45, 7) is 3.07. The van der Waals surface area contributed by atoms with E-state index in [1.54, 1.807) is 28.8 Å². The number of hydrogen-bond donors (Lipinski definition) is 0. The van der Waals surface area contributed by atoms with Crippen molar-refractivity contribution in [2.45, 2.75) is 32.7 Å². The number of rotatable bonds is 5. The summed E-state index contributed by atoms with van der Waals surface area (Å²) in [5.41, 5.74) is 1.37. The van der Waals surface area contributed by atoms with E-state index in [4.69, 9.17) is 5.10 Å². The molecule has 0 amide bonds. The van der Waals surface area contributed by atoms with Gasteiger partial charge in [-0.2, -0.15) is 10.1 Å². The third-order valence-corrected chi connectivity index (χ3v) is 5.26. The Hall–Kier alpha value is -3.23. The first-order valence-corrected chi connectivity index (χ1v) is 9.69. The van der Waals surface area contributed by atoms with Gasteiger partial charge in [-0.3, -0.25) is 18.5 Å². The van der Waals surface area contributed by atoms with Crippen molar-refractivity contribution in [1.29, 1.82) is 0 Å². The van der Waals surface area contributed by atoms with Crippen LogP contribution in [0.3, 0.4) is 0 Å². The van der Waals surface area contributed by atoms with E-state index in [9.17, 15) is 14.0 Å². The van der Waals surface area contributed by atoms with Gasteiger partial charge < -0.3 is 0 Å². The first-order chi connectivity index (χ1) is 13.9. The fourth-order valence-corrected chi connectivity index (χ4v) is 3.61. The van der Waals surface area contributed by atoms with Crippen molar-refractivity contribution in [2.24, 2.45) is 19.2 Å². The number of hydrogen-bond acceptors (Lipinski definition) is 5. The van der Waals surface area contributed by atoms with Crippen molar-refractivity contribution >= 4 is 22.8 Å². The van der Waals surface area contributed by atoms with Crippen LogP contribution in [0.15, 0.2) is 39.0 Å². The molecule has 0 aliphatic carbocycles. The second kappa shape index (κ2) is 7.31. The molecule has 0 fully saturated rings. The highest BCUT2D eigenvalue weighted by atomic mass is 19.1. The highest BCUT2D eigenvalue weighted by Gasteiger charge is 2.27. The average molecular weight is 398 g/mol. The Kier molecular flexibility index (Phi) is 4.81. The summed E-state index contributed by atoms with van der Waals surface area (Å²) in [7, 11) is 3.06. The molecule has 1 aliphatic rings. The summed E-state index contributed by atoms with van der Waals surface area (Å²) in [6, 6.07) is 6.14. The standard InChI is InChI=1S/C20H23FN6O2/c1-4-5-6-11-27-19-22-17-16(18(28)25(3)20(29)24(17)2)26(19)12-15(23-27)13-7-9-14(21)10-8-13/h7-10H,4-6,11-12H2,1-3H3. The van der Waals surface area contributed by atoms with Gasteiger partial charge in [-0.05, 0) is 24.1 Å².